The average Bonchev–Trinajstić information content (AvgIpc) is 3.43. The van der Waals surface area contributed by atoms with E-state index in [1.165, 1.54) is 34.7 Å². The van der Waals surface area contributed by atoms with E-state index in [2.05, 4.69) is 20.2 Å². The van der Waals surface area contributed by atoms with Crippen molar-refractivity contribution < 1.29 is 20.2 Å². The summed E-state index contributed by atoms with van der Waals surface area (Å²) < 4.78 is 0. The number of nitrogens with zero attached hydrogens (tertiary/aromatic N) is 4. The number of carbonyl (C=O) groups excluding carboxylic acids is 2. The number of aromatic amines is 2. The Morgan fingerprint density at radius 2 is 1.57 bits per heavy atom. The predicted octanol–water partition coefficient (Wildman–Crippen LogP) is 2.31. The smallest absolute Gasteiger partial charge is 0.261 e. The van der Waals surface area contributed by atoms with Crippen molar-refractivity contribution in [3.63, 3.8) is 0 Å². The summed E-state index contributed by atoms with van der Waals surface area (Å²) in [4.78, 5) is 42.9. The van der Waals surface area contributed by atoms with E-state index >= 15 is 0 Å². The van der Waals surface area contributed by atoms with Gasteiger partial charge in [0.25, 0.3) is 17.4 Å². The lowest BCUT2D eigenvalue weighted by Crippen LogP contribution is -2.41. The Bertz CT molecular complexity index is 1340. The topological polar surface area (TPSA) is 167 Å². The van der Waals surface area contributed by atoms with Crippen LogP contribution in [0.15, 0.2) is 71.9 Å². The quantitative estimate of drug-likeness (QED) is 0.372. The largest absolute Gasteiger partial charge is 0.508 e. The number of hydrogen-bond donors (Lipinski definition) is 3. The van der Waals surface area contributed by atoms with Gasteiger partial charge < -0.3 is 15.6 Å². The van der Waals surface area contributed by atoms with Crippen molar-refractivity contribution in [3.05, 3.63) is 77.5 Å². The third kappa shape index (κ3) is 5.20. The maximum atomic E-state index is 12.9. The molecule has 2 aromatic carbocycles. The van der Waals surface area contributed by atoms with Crippen LogP contribution in [0.25, 0.3) is 11.0 Å². The van der Waals surface area contributed by atoms with Gasteiger partial charge in [-0.3, -0.25) is 19.5 Å². The van der Waals surface area contributed by atoms with Gasteiger partial charge in [-0.1, -0.05) is 38.0 Å². The highest BCUT2D eigenvalue weighted by atomic mass is 16.3. The number of para-hydroxylation sites is 1. The molecule has 0 radical (unpaired) electrons. The number of aromatic nitrogens is 4. The molecule has 2 aromatic heterocycles. The number of rotatable bonds is 5. The van der Waals surface area contributed by atoms with Crippen LogP contribution in [-0.2, 0) is 9.59 Å². The van der Waals surface area contributed by atoms with E-state index in [1.807, 2.05) is 25.1 Å². The molecule has 5 N–H and O–H groups in total. The van der Waals surface area contributed by atoms with Gasteiger partial charge in [0.05, 0.1) is 23.9 Å². The Labute approximate surface area is 200 Å². The lowest BCUT2D eigenvalue weighted by atomic mass is 10.0. The standard InChI is InChI=1S/C19H20N2O3.C5H4N4O.H2O/c1-2-3-9-17-18(23)20(14-7-5-4-6-8-14)21(19(17)24)15-10-12-16(22)13-11-15;10-5-3-1-8-9-4(3)6-2-7-5;/h4-8,10-13,17,22H,2-3,9H2,1H3;1-2H,(H2,6,7,8,9,10);1H2. The van der Waals surface area contributed by atoms with E-state index < -0.39 is 5.92 Å². The lowest BCUT2D eigenvalue weighted by molar-refractivity contribution is -0.127. The maximum absolute atomic E-state index is 12.9. The number of hydrogen-bond acceptors (Lipinski definition) is 6. The molecule has 2 amide bonds. The summed E-state index contributed by atoms with van der Waals surface area (Å²) in [7, 11) is 0. The Morgan fingerprint density at radius 1 is 0.943 bits per heavy atom. The van der Waals surface area contributed by atoms with Gasteiger partial charge in [0.1, 0.15) is 17.1 Å². The molecule has 0 saturated carbocycles. The number of fused-ring (bicyclic) bond motifs is 1. The molecule has 1 unspecified atom stereocenters. The Balaban J connectivity index is 0.000000259. The third-order valence-electron chi connectivity index (χ3n) is 5.41. The molecule has 0 bridgehead atoms. The van der Waals surface area contributed by atoms with E-state index in [-0.39, 0.29) is 28.6 Å². The highest BCUT2D eigenvalue weighted by Gasteiger charge is 2.46. The first kappa shape index (κ1) is 25.1. The van der Waals surface area contributed by atoms with Crippen molar-refractivity contribution in [1.82, 2.24) is 20.2 Å². The Kier molecular flexibility index (Phi) is 7.95. The van der Waals surface area contributed by atoms with Gasteiger partial charge >= 0.3 is 0 Å². The third-order valence-corrected chi connectivity index (χ3v) is 5.41. The molecule has 1 atom stereocenters. The molecule has 1 saturated heterocycles. The number of phenolic OH excluding ortho intramolecular Hbond substituents is 1. The number of unbranched alkanes of at least 4 members (excludes halogenated alkanes) is 1. The van der Waals surface area contributed by atoms with Crippen LogP contribution in [0.5, 0.6) is 5.75 Å². The van der Waals surface area contributed by atoms with Gasteiger partial charge in [-0.25, -0.2) is 15.0 Å². The minimum atomic E-state index is -0.654. The number of phenols is 1. The molecule has 3 heterocycles. The van der Waals surface area contributed by atoms with Gasteiger partial charge in [-0.05, 0) is 42.8 Å². The fourth-order valence-corrected chi connectivity index (χ4v) is 3.68. The van der Waals surface area contributed by atoms with Crippen LogP contribution in [0.2, 0.25) is 0 Å². The second kappa shape index (κ2) is 11.1. The molecule has 1 fully saturated rings. The number of nitrogens with one attached hydrogen (secondary N) is 2. The van der Waals surface area contributed by atoms with Crippen molar-refractivity contribution in [3.8, 4) is 5.75 Å². The van der Waals surface area contributed by atoms with Crippen LogP contribution in [0.1, 0.15) is 26.2 Å². The first-order valence-corrected chi connectivity index (χ1v) is 10.9. The molecular formula is C24H26N6O5. The summed E-state index contributed by atoms with van der Waals surface area (Å²) in [6.07, 6.45) is 5.09. The van der Waals surface area contributed by atoms with Crippen LogP contribution >= 0.6 is 0 Å². The van der Waals surface area contributed by atoms with E-state index in [4.69, 9.17) is 0 Å². The molecule has 5 rings (SSSR count). The van der Waals surface area contributed by atoms with Crippen molar-refractivity contribution in [2.45, 2.75) is 26.2 Å². The fourth-order valence-electron chi connectivity index (χ4n) is 3.68. The number of benzene rings is 2. The molecule has 182 valence electrons. The van der Waals surface area contributed by atoms with Crippen molar-refractivity contribution in [2.75, 3.05) is 10.0 Å². The van der Waals surface area contributed by atoms with Gasteiger partial charge in [0.15, 0.2) is 5.65 Å². The molecule has 11 heteroatoms. The lowest BCUT2D eigenvalue weighted by Gasteiger charge is -2.27. The van der Waals surface area contributed by atoms with E-state index in [0.717, 1.165) is 12.8 Å². The number of amides is 2. The zero-order valence-electron chi connectivity index (χ0n) is 19.0. The normalized spacial score (nSPS) is 15.1. The average molecular weight is 479 g/mol. The zero-order valence-corrected chi connectivity index (χ0v) is 19.0. The molecule has 1 aliphatic rings. The summed E-state index contributed by atoms with van der Waals surface area (Å²) in [5, 5.41) is 19.1. The van der Waals surface area contributed by atoms with Crippen LogP contribution in [0, 0.1) is 5.92 Å². The number of anilines is 2. The molecule has 0 aliphatic carbocycles. The predicted molar refractivity (Wildman–Crippen MR) is 131 cm³/mol. The summed E-state index contributed by atoms with van der Waals surface area (Å²) in [5.41, 5.74) is 1.57. The molecule has 0 spiro atoms. The maximum Gasteiger partial charge on any atom is 0.261 e. The molecule has 11 nitrogen and oxygen atoms in total. The number of hydrazine groups is 1. The van der Waals surface area contributed by atoms with Crippen LogP contribution < -0.4 is 15.6 Å². The summed E-state index contributed by atoms with van der Waals surface area (Å²) >= 11 is 0. The minimum Gasteiger partial charge on any atom is -0.508 e. The zero-order chi connectivity index (χ0) is 24.1. The number of carbonyl (C=O) groups is 2. The second-order valence-corrected chi connectivity index (χ2v) is 7.71. The summed E-state index contributed by atoms with van der Waals surface area (Å²) in [6.45, 7) is 2.04. The summed E-state index contributed by atoms with van der Waals surface area (Å²) in [6, 6.07) is 15.4. The first-order chi connectivity index (χ1) is 16.5. The molecule has 4 aromatic rings. The number of H-pyrrole nitrogens is 2. The van der Waals surface area contributed by atoms with E-state index in [9.17, 15) is 19.5 Å². The van der Waals surface area contributed by atoms with Crippen LogP contribution in [-0.4, -0.2) is 42.6 Å². The van der Waals surface area contributed by atoms with Crippen molar-refractivity contribution >= 4 is 34.2 Å². The second-order valence-electron chi connectivity index (χ2n) is 7.71. The highest BCUT2D eigenvalue weighted by Crippen LogP contribution is 2.34. The van der Waals surface area contributed by atoms with E-state index in [1.54, 1.807) is 24.3 Å². The highest BCUT2D eigenvalue weighted by molar-refractivity contribution is 6.23. The Hall–Kier alpha value is -4.51. The number of aromatic hydroxyl groups is 1. The molecule has 1 aliphatic heterocycles. The van der Waals surface area contributed by atoms with Crippen LogP contribution in [0.4, 0.5) is 11.4 Å². The van der Waals surface area contributed by atoms with Crippen molar-refractivity contribution in [2.24, 2.45) is 5.92 Å². The molecule has 35 heavy (non-hydrogen) atoms. The van der Waals surface area contributed by atoms with Gasteiger partial charge in [0, 0.05) is 0 Å². The fraction of sp³-hybridized carbons (Fsp3) is 0.208. The molecular weight excluding hydrogens is 452 g/mol. The SMILES string of the molecule is CCCCC1C(=O)N(c2ccccc2)N(c2ccc(O)cc2)C1=O.O.O=c1[nH]cnc2[nH]ncc12. The van der Waals surface area contributed by atoms with Gasteiger partial charge in [-0.15, -0.1) is 0 Å². The van der Waals surface area contributed by atoms with Crippen LogP contribution in [0.3, 0.4) is 0 Å². The van der Waals surface area contributed by atoms with Gasteiger partial charge in [0.2, 0.25) is 0 Å². The minimum absolute atomic E-state index is 0. The summed E-state index contributed by atoms with van der Waals surface area (Å²) in [5.74, 6) is -0.958. The first-order valence-electron chi connectivity index (χ1n) is 10.9. The monoisotopic (exact) mass is 478 g/mol. The Morgan fingerprint density at radius 3 is 2.17 bits per heavy atom. The van der Waals surface area contributed by atoms with E-state index in [0.29, 0.717) is 28.8 Å². The van der Waals surface area contributed by atoms with Crippen molar-refractivity contribution in [1.29, 1.82) is 0 Å². The van der Waals surface area contributed by atoms with Gasteiger partial charge in [-0.2, -0.15) is 5.10 Å².